The monoisotopic (exact) mass is 194 g/mol. The molecule has 0 fully saturated rings. The summed E-state index contributed by atoms with van der Waals surface area (Å²) in [5.41, 5.74) is 2.18. The van der Waals surface area contributed by atoms with E-state index in [1.54, 1.807) is 6.07 Å². The van der Waals surface area contributed by atoms with Crippen molar-refractivity contribution in [3.05, 3.63) is 29.6 Å². The molecular formula is C11H15FN2. The number of benzene rings is 1. The van der Waals surface area contributed by atoms with Crippen LogP contribution in [0.15, 0.2) is 18.2 Å². The Kier molecular flexibility index (Phi) is 2.68. The molecule has 0 bridgehead atoms. The molecule has 3 heteroatoms. The molecule has 0 amide bonds. The van der Waals surface area contributed by atoms with Crippen LogP contribution in [0.5, 0.6) is 0 Å². The third kappa shape index (κ3) is 1.87. The summed E-state index contributed by atoms with van der Waals surface area (Å²) >= 11 is 0. The normalized spacial score (nSPS) is 20.0. The Labute approximate surface area is 83.5 Å². The molecule has 1 atom stereocenters. The second-order valence-electron chi connectivity index (χ2n) is 3.74. The van der Waals surface area contributed by atoms with Crippen molar-refractivity contribution in [2.75, 3.05) is 18.9 Å². The maximum atomic E-state index is 12.9. The van der Waals surface area contributed by atoms with Crippen LogP contribution in [0.2, 0.25) is 0 Å². The number of likely N-dealkylation sites (N-methyl/N-ethyl adjacent to an activating group) is 1. The molecule has 2 N–H and O–H groups in total. The second kappa shape index (κ2) is 3.96. The van der Waals surface area contributed by atoms with Crippen molar-refractivity contribution in [1.82, 2.24) is 5.32 Å². The molecule has 0 radical (unpaired) electrons. The van der Waals surface area contributed by atoms with Crippen molar-refractivity contribution in [2.24, 2.45) is 0 Å². The van der Waals surface area contributed by atoms with Crippen LogP contribution in [0, 0.1) is 5.82 Å². The minimum absolute atomic E-state index is 0.141. The van der Waals surface area contributed by atoms with Crippen LogP contribution in [0.25, 0.3) is 0 Å². The van der Waals surface area contributed by atoms with Gasteiger partial charge < -0.3 is 10.6 Å². The quantitative estimate of drug-likeness (QED) is 0.749. The first kappa shape index (κ1) is 9.46. The van der Waals surface area contributed by atoms with Gasteiger partial charge in [-0.2, -0.15) is 0 Å². The topological polar surface area (TPSA) is 24.1 Å². The number of hydrogen-bond donors (Lipinski definition) is 2. The molecule has 1 aliphatic heterocycles. The largest absolute Gasteiger partial charge is 0.381 e. The van der Waals surface area contributed by atoms with Crippen LogP contribution >= 0.6 is 0 Å². The first-order chi connectivity index (χ1) is 6.79. The van der Waals surface area contributed by atoms with Crippen LogP contribution in [0.4, 0.5) is 10.1 Å². The SMILES string of the molecule is CNCC1CCc2cc(F)ccc2N1. The van der Waals surface area contributed by atoms with Crippen LogP contribution in [-0.2, 0) is 6.42 Å². The third-order valence-electron chi connectivity index (χ3n) is 2.64. The lowest BCUT2D eigenvalue weighted by Crippen LogP contribution is -2.34. The third-order valence-corrected chi connectivity index (χ3v) is 2.64. The first-order valence-corrected chi connectivity index (χ1v) is 4.99. The average molecular weight is 194 g/mol. The molecule has 0 spiro atoms. The first-order valence-electron chi connectivity index (χ1n) is 4.99. The van der Waals surface area contributed by atoms with Gasteiger partial charge in [0.2, 0.25) is 0 Å². The Morgan fingerprint density at radius 1 is 1.57 bits per heavy atom. The Hall–Kier alpha value is -1.09. The van der Waals surface area contributed by atoms with E-state index in [-0.39, 0.29) is 5.82 Å². The number of hydrogen-bond acceptors (Lipinski definition) is 2. The summed E-state index contributed by atoms with van der Waals surface area (Å²) in [6.45, 7) is 0.955. The number of anilines is 1. The van der Waals surface area contributed by atoms with Gasteiger partial charge in [-0.15, -0.1) is 0 Å². The summed E-state index contributed by atoms with van der Waals surface area (Å²) in [5.74, 6) is -0.141. The van der Waals surface area contributed by atoms with Gasteiger partial charge in [0.25, 0.3) is 0 Å². The van der Waals surface area contributed by atoms with E-state index in [9.17, 15) is 4.39 Å². The molecule has 2 nitrogen and oxygen atoms in total. The molecule has 1 heterocycles. The molecule has 14 heavy (non-hydrogen) atoms. The van der Waals surface area contributed by atoms with E-state index < -0.39 is 0 Å². The fourth-order valence-corrected chi connectivity index (χ4v) is 1.93. The van der Waals surface area contributed by atoms with Crippen molar-refractivity contribution in [2.45, 2.75) is 18.9 Å². The Balaban J connectivity index is 2.15. The Morgan fingerprint density at radius 3 is 3.21 bits per heavy atom. The van der Waals surface area contributed by atoms with Crippen molar-refractivity contribution >= 4 is 5.69 Å². The molecular weight excluding hydrogens is 179 g/mol. The number of halogens is 1. The van der Waals surface area contributed by atoms with E-state index in [1.807, 2.05) is 13.1 Å². The average Bonchev–Trinajstić information content (AvgIpc) is 2.19. The van der Waals surface area contributed by atoms with Gasteiger partial charge in [0.15, 0.2) is 0 Å². The lowest BCUT2D eigenvalue weighted by molar-refractivity contribution is 0.584. The zero-order valence-corrected chi connectivity index (χ0v) is 8.31. The summed E-state index contributed by atoms with van der Waals surface area (Å²) in [4.78, 5) is 0. The summed E-state index contributed by atoms with van der Waals surface area (Å²) in [7, 11) is 1.95. The fourth-order valence-electron chi connectivity index (χ4n) is 1.93. The van der Waals surface area contributed by atoms with Gasteiger partial charge in [0.1, 0.15) is 5.82 Å². The molecule has 0 saturated heterocycles. The predicted molar refractivity (Wildman–Crippen MR) is 56.1 cm³/mol. The lowest BCUT2D eigenvalue weighted by atomic mass is 9.98. The summed E-state index contributed by atoms with van der Waals surface area (Å²) in [6, 6.07) is 5.43. The fraction of sp³-hybridized carbons (Fsp3) is 0.455. The van der Waals surface area contributed by atoms with E-state index in [0.717, 1.165) is 30.6 Å². The van der Waals surface area contributed by atoms with Gasteiger partial charge in [0, 0.05) is 18.3 Å². The standard InChI is InChI=1S/C11H15FN2/c1-13-7-10-4-2-8-6-9(12)3-5-11(8)14-10/h3,5-6,10,13-14H,2,4,7H2,1H3. The van der Waals surface area contributed by atoms with Crippen LogP contribution < -0.4 is 10.6 Å². The highest BCUT2D eigenvalue weighted by molar-refractivity contribution is 5.54. The minimum atomic E-state index is -0.141. The molecule has 1 aromatic carbocycles. The van der Waals surface area contributed by atoms with E-state index in [1.165, 1.54) is 6.07 Å². The van der Waals surface area contributed by atoms with Gasteiger partial charge in [-0.05, 0) is 43.7 Å². The maximum Gasteiger partial charge on any atom is 0.123 e. The van der Waals surface area contributed by atoms with Gasteiger partial charge in [-0.1, -0.05) is 0 Å². The lowest BCUT2D eigenvalue weighted by Gasteiger charge is -2.26. The molecule has 2 rings (SSSR count). The number of nitrogens with one attached hydrogen (secondary N) is 2. The van der Waals surface area contributed by atoms with Gasteiger partial charge in [-0.3, -0.25) is 0 Å². The second-order valence-corrected chi connectivity index (χ2v) is 3.74. The van der Waals surface area contributed by atoms with Crippen molar-refractivity contribution in [3.8, 4) is 0 Å². The van der Waals surface area contributed by atoms with Crippen LogP contribution in [0.3, 0.4) is 0 Å². The summed E-state index contributed by atoms with van der Waals surface area (Å²) in [6.07, 6.45) is 2.03. The van der Waals surface area contributed by atoms with E-state index in [0.29, 0.717) is 6.04 Å². The predicted octanol–water partition coefficient (Wildman–Crippen LogP) is 1.77. The van der Waals surface area contributed by atoms with E-state index in [4.69, 9.17) is 0 Å². The van der Waals surface area contributed by atoms with Crippen molar-refractivity contribution in [3.63, 3.8) is 0 Å². The molecule has 76 valence electrons. The minimum Gasteiger partial charge on any atom is -0.381 e. The Morgan fingerprint density at radius 2 is 2.43 bits per heavy atom. The number of fused-ring (bicyclic) bond motifs is 1. The van der Waals surface area contributed by atoms with Gasteiger partial charge in [0.05, 0.1) is 0 Å². The molecule has 1 aromatic rings. The molecule has 1 aliphatic rings. The summed E-state index contributed by atoms with van der Waals surface area (Å²) in [5, 5.41) is 6.54. The van der Waals surface area contributed by atoms with Crippen LogP contribution in [-0.4, -0.2) is 19.6 Å². The Bertz CT molecular complexity index is 325. The number of aryl methyl sites for hydroxylation is 1. The highest BCUT2D eigenvalue weighted by atomic mass is 19.1. The van der Waals surface area contributed by atoms with Crippen LogP contribution in [0.1, 0.15) is 12.0 Å². The molecule has 0 aromatic heterocycles. The maximum absolute atomic E-state index is 12.9. The molecule has 0 aliphatic carbocycles. The van der Waals surface area contributed by atoms with Gasteiger partial charge >= 0.3 is 0 Å². The zero-order chi connectivity index (χ0) is 9.97. The summed E-state index contributed by atoms with van der Waals surface area (Å²) < 4.78 is 12.9. The van der Waals surface area contributed by atoms with Crippen molar-refractivity contribution < 1.29 is 4.39 Å². The smallest absolute Gasteiger partial charge is 0.123 e. The zero-order valence-electron chi connectivity index (χ0n) is 8.31. The van der Waals surface area contributed by atoms with E-state index in [2.05, 4.69) is 10.6 Å². The highest BCUT2D eigenvalue weighted by Gasteiger charge is 2.16. The number of rotatable bonds is 2. The van der Waals surface area contributed by atoms with Crippen molar-refractivity contribution in [1.29, 1.82) is 0 Å². The highest BCUT2D eigenvalue weighted by Crippen LogP contribution is 2.25. The molecule has 1 unspecified atom stereocenters. The molecule has 0 saturated carbocycles. The van der Waals surface area contributed by atoms with Gasteiger partial charge in [-0.25, -0.2) is 4.39 Å². The van der Waals surface area contributed by atoms with E-state index >= 15 is 0 Å².